The molecule has 0 aromatic heterocycles. The Bertz CT molecular complexity index is 169. The highest BCUT2D eigenvalue weighted by atomic mass is 15.1. The van der Waals surface area contributed by atoms with Gasteiger partial charge in [0.1, 0.15) is 0 Å². The first-order valence-electron chi connectivity index (χ1n) is 6.54. The molecule has 0 heterocycles. The van der Waals surface area contributed by atoms with Crippen molar-refractivity contribution in [3.63, 3.8) is 0 Å². The van der Waals surface area contributed by atoms with E-state index >= 15 is 0 Å². The van der Waals surface area contributed by atoms with E-state index in [1.54, 1.807) is 0 Å². The van der Waals surface area contributed by atoms with Crippen LogP contribution in [0.1, 0.15) is 58.8 Å². The van der Waals surface area contributed by atoms with Gasteiger partial charge < -0.3 is 10.6 Å². The molecule has 1 atom stereocenters. The molecule has 0 aromatic carbocycles. The zero-order chi connectivity index (χ0) is 11.3. The second-order valence-electron chi connectivity index (χ2n) is 5.57. The minimum atomic E-state index is -0.0128. The third-order valence-corrected chi connectivity index (χ3v) is 3.87. The maximum absolute atomic E-state index is 6.22. The summed E-state index contributed by atoms with van der Waals surface area (Å²) in [6, 6.07) is 0.780. The molecule has 15 heavy (non-hydrogen) atoms. The number of rotatable bonds is 4. The molecule has 2 heteroatoms. The van der Waals surface area contributed by atoms with Crippen LogP contribution in [0.3, 0.4) is 0 Å². The van der Waals surface area contributed by atoms with Gasteiger partial charge in [0.2, 0.25) is 0 Å². The number of hydrogen-bond acceptors (Lipinski definition) is 2. The standard InChI is InChI=1S/C13H28N2/c1-4-13(2,14)11-15(3)12-9-7-5-6-8-10-12/h12H,4-11,14H2,1-3H3. The minimum absolute atomic E-state index is 0.0128. The van der Waals surface area contributed by atoms with E-state index in [1.807, 2.05) is 0 Å². The summed E-state index contributed by atoms with van der Waals surface area (Å²) in [6.45, 7) is 5.38. The highest BCUT2D eigenvalue weighted by Crippen LogP contribution is 2.22. The Morgan fingerprint density at radius 1 is 1.20 bits per heavy atom. The van der Waals surface area contributed by atoms with Crippen molar-refractivity contribution in [3.8, 4) is 0 Å². The van der Waals surface area contributed by atoms with Gasteiger partial charge in [0, 0.05) is 18.1 Å². The van der Waals surface area contributed by atoms with Crippen molar-refractivity contribution < 1.29 is 0 Å². The molecule has 2 nitrogen and oxygen atoms in total. The Labute approximate surface area is 95.2 Å². The van der Waals surface area contributed by atoms with E-state index in [2.05, 4.69) is 25.8 Å². The fourth-order valence-corrected chi connectivity index (χ4v) is 2.51. The van der Waals surface area contributed by atoms with Crippen LogP contribution >= 0.6 is 0 Å². The Hall–Kier alpha value is -0.0800. The lowest BCUT2D eigenvalue weighted by atomic mass is 9.98. The highest BCUT2D eigenvalue weighted by Gasteiger charge is 2.23. The third-order valence-electron chi connectivity index (χ3n) is 3.87. The van der Waals surface area contributed by atoms with Crippen LogP contribution in [-0.2, 0) is 0 Å². The maximum Gasteiger partial charge on any atom is 0.0252 e. The molecule has 0 bridgehead atoms. The monoisotopic (exact) mass is 212 g/mol. The van der Waals surface area contributed by atoms with E-state index in [1.165, 1.54) is 38.5 Å². The van der Waals surface area contributed by atoms with Crippen LogP contribution in [0, 0.1) is 0 Å². The lowest BCUT2D eigenvalue weighted by molar-refractivity contribution is 0.176. The molecule has 2 N–H and O–H groups in total. The van der Waals surface area contributed by atoms with Crippen LogP contribution in [0.2, 0.25) is 0 Å². The molecule has 1 saturated carbocycles. The maximum atomic E-state index is 6.22. The van der Waals surface area contributed by atoms with Gasteiger partial charge in [0.05, 0.1) is 0 Å². The molecule has 0 radical (unpaired) electrons. The van der Waals surface area contributed by atoms with Gasteiger partial charge >= 0.3 is 0 Å². The van der Waals surface area contributed by atoms with Crippen molar-refractivity contribution in [2.45, 2.75) is 70.4 Å². The average molecular weight is 212 g/mol. The summed E-state index contributed by atoms with van der Waals surface area (Å²) in [6.07, 6.45) is 9.47. The van der Waals surface area contributed by atoms with Gasteiger partial charge in [-0.15, -0.1) is 0 Å². The van der Waals surface area contributed by atoms with Crippen LogP contribution in [0.5, 0.6) is 0 Å². The molecule has 1 aliphatic carbocycles. The molecule has 90 valence electrons. The van der Waals surface area contributed by atoms with Crippen LogP contribution in [0.15, 0.2) is 0 Å². The normalized spacial score (nSPS) is 23.8. The van der Waals surface area contributed by atoms with Crippen molar-refractivity contribution in [3.05, 3.63) is 0 Å². The van der Waals surface area contributed by atoms with Gasteiger partial charge in [-0.2, -0.15) is 0 Å². The second kappa shape index (κ2) is 5.86. The molecule has 0 spiro atoms. The van der Waals surface area contributed by atoms with Crippen LogP contribution in [0.4, 0.5) is 0 Å². The third kappa shape index (κ3) is 4.52. The SMILES string of the molecule is CCC(C)(N)CN(C)C1CCCCCC1. The van der Waals surface area contributed by atoms with Crippen molar-refractivity contribution in [1.82, 2.24) is 4.90 Å². The molecular weight excluding hydrogens is 184 g/mol. The summed E-state index contributed by atoms with van der Waals surface area (Å²) in [5.74, 6) is 0. The molecule has 1 fully saturated rings. The Morgan fingerprint density at radius 2 is 1.73 bits per heavy atom. The van der Waals surface area contributed by atoms with Gasteiger partial charge in [-0.05, 0) is 33.2 Å². The van der Waals surface area contributed by atoms with Gasteiger partial charge in [-0.1, -0.05) is 32.6 Å². The largest absolute Gasteiger partial charge is 0.324 e. The fraction of sp³-hybridized carbons (Fsp3) is 1.00. The van der Waals surface area contributed by atoms with E-state index in [0.29, 0.717) is 0 Å². The molecule has 1 rings (SSSR count). The lowest BCUT2D eigenvalue weighted by Gasteiger charge is -2.34. The van der Waals surface area contributed by atoms with E-state index in [-0.39, 0.29) is 5.54 Å². The molecule has 0 saturated heterocycles. The molecule has 0 aromatic rings. The minimum Gasteiger partial charge on any atom is -0.324 e. The summed E-state index contributed by atoms with van der Waals surface area (Å²) in [5.41, 5.74) is 6.21. The van der Waals surface area contributed by atoms with Crippen LogP contribution in [-0.4, -0.2) is 30.1 Å². The second-order valence-corrected chi connectivity index (χ2v) is 5.57. The average Bonchev–Trinajstić information content (AvgIpc) is 2.45. The predicted molar refractivity (Wildman–Crippen MR) is 67.0 cm³/mol. The molecule has 1 unspecified atom stereocenters. The topological polar surface area (TPSA) is 29.3 Å². The van der Waals surface area contributed by atoms with Crippen molar-refractivity contribution in [2.24, 2.45) is 5.73 Å². The molecular formula is C13H28N2. The van der Waals surface area contributed by atoms with Gasteiger partial charge in [0.15, 0.2) is 0 Å². The molecule has 0 amide bonds. The predicted octanol–water partition coefficient (Wildman–Crippen LogP) is 2.77. The smallest absolute Gasteiger partial charge is 0.0252 e. The van der Waals surface area contributed by atoms with Crippen molar-refractivity contribution in [1.29, 1.82) is 0 Å². The first-order chi connectivity index (χ1) is 7.05. The number of hydrogen-bond donors (Lipinski definition) is 1. The summed E-state index contributed by atoms with van der Waals surface area (Å²) >= 11 is 0. The highest BCUT2D eigenvalue weighted by molar-refractivity contribution is 4.83. The quantitative estimate of drug-likeness (QED) is 0.726. The van der Waals surface area contributed by atoms with Crippen LogP contribution < -0.4 is 5.73 Å². The molecule has 1 aliphatic rings. The summed E-state index contributed by atoms with van der Waals surface area (Å²) in [7, 11) is 2.25. The first kappa shape index (κ1) is 13.0. The zero-order valence-corrected chi connectivity index (χ0v) is 10.8. The zero-order valence-electron chi connectivity index (χ0n) is 10.8. The van der Waals surface area contributed by atoms with E-state index in [0.717, 1.165) is 19.0 Å². The van der Waals surface area contributed by atoms with E-state index < -0.39 is 0 Å². The summed E-state index contributed by atoms with van der Waals surface area (Å²) < 4.78 is 0. The van der Waals surface area contributed by atoms with Gasteiger partial charge in [0.25, 0.3) is 0 Å². The van der Waals surface area contributed by atoms with Gasteiger partial charge in [-0.25, -0.2) is 0 Å². The summed E-state index contributed by atoms with van der Waals surface area (Å²) in [4.78, 5) is 2.49. The van der Waals surface area contributed by atoms with Crippen LogP contribution in [0.25, 0.3) is 0 Å². The van der Waals surface area contributed by atoms with Gasteiger partial charge in [-0.3, -0.25) is 0 Å². The van der Waals surface area contributed by atoms with Crippen molar-refractivity contribution in [2.75, 3.05) is 13.6 Å². The number of nitrogens with zero attached hydrogens (tertiary/aromatic N) is 1. The number of nitrogens with two attached hydrogens (primary N) is 1. The Balaban J connectivity index is 2.40. The Kier molecular flexibility index (Phi) is 5.07. The molecule has 0 aliphatic heterocycles. The number of likely N-dealkylation sites (N-methyl/N-ethyl adjacent to an activating group) is 1. The lowest BCUT2D eigenvalue weighted by Crippen LogP contribution is -2.49. The van der Waals surface area contributed by atoms with E-state index in [9.17, 15) is 0 Å². The Morgan fingerprint density at radius 3 is 2.20 bits per heavy atom. The van der Waals surface area contributed by atoms with E-state index in [4.69, 9.17) is 5.73 Å². The fourth-order valence-electron chi connectivity index (χ4n) is 2.51. The summed E-state index contributed by atoms with van der Waals surface area (Å²) in [5, 5.41) is 0. The first-order valence-corrected chi connectivity index (χ1v) is 6.54. The van der Waals surface area contributed by atoms with Crippen molar-refractivity contribution >= 4 is 0 Å².